The number of hydrogen-bond acceptors (Lipinski definition) is 2. The number of benzene rings is 1. The maximum atomic E-state index is 12.4. The lowest BCUT2D eigenvalue weighted by atomic mass is 10.2. The highest BCUT2D eigenvalue weighted by Gasteiger charge is 2.19. The maximum Gasteiger partial charge on any atom is 0.262 e. The van der Waals surface area contributed by atoms with E-state index in [2.05, 4.69) is 9.97 Å². The summed E-state index contributed by atoms with van der Waals surface area (Å²) >= 11 is 0. The Morgan fingerprint density at radius 1 is 1.24 bits per heavy atom. The van der Waals surface area contributed by atoms with E-state index in [1.807, 2.05) is 24.3 Å². The first-order chi connectivity index (χ1) is 8.34. The number of rotatable bonds is 0. The smallest absolute Gasteiger partial charge is 0.262 e. The Hall–Kier alpha value is -2.10. The van der Waals surface area contributed by atoms with Gasteiger partial charge in [-0.1, -0.05) is 12.1 Å². The minimum atomic E-state index is 0.0972. The number of fused-ring (bicyclic) bond motifs is 4. The van der Waals surface area contributed by atoms with E-state index in [1.54, 1.807) is 4.40 Å². The van der Waals surface area contributed by atoms with Gasteiger partial charge in [-0.05, 0) is 31.4 Å². The molecule has 0 bridgehead atoms. The van der Waals surface area contributed by atoms with Crippen molar-refractivity contribution in [2.45, 2.75) is 19.3 Å². The Labute approximate surface area is 96.9 Å². The number of hydrogen-bond donors (Lipinski definition) is 1. The molecule has 2 aromatic heterocycles. The molecule has 0 spiro atoms. The Morgan fingerprint density at radius 2 is 2.12 bits per heavy atom. The van der Waals surface area contributed by atoms with E-state index in [4.69, 9.17) is 0 Å². The summed E-state index contributed by atoms with van der Waals surface area (Å²) in [4.78, 5) is 20.1. The molecule has 1 aliphatic carbocycles. The van der Waals surface area contributed by atoms with Gasteiger partial charge in [0.05, 0.1) is 11.0 Å². The lowest BCUT2D eigenvalue weighted by Crippen LogP contribution is -2.18. The predicted octanol–water partition coefficient (Wildman–Crippen LogP) is 1.66. The molecule has 0 amide bonds. The fourth-order valence-corrected chi connectivity index (χ4v) is 2.70. The first-order valence-corrected chi connectivity index (χ1v) is 5.86. The molecule has 0 radical (unpaired) electrons. The summed E-state index contributed by atoms with van der Waals surface area (Å²) in [7, 11) is 0. The van der Waals surface area contributed by atoms with Crippen molar-refractivity contribution in [3.63, 3.8) is 0 Å². The molecule has 0 aliphatic heterocycles. The second-order valence-corrected chi connectivity index (χ2v) is 4.50. The SMILES string of the molecule is O=c1c2c([nH]c3nc4ccccc4n13)CCC2. The molecule has 0 unspecified atom stereocenters. The minimum Gasteiger partial charge on any atom is -0.328 e. The normalized spacial score (nSPS) is 14.6. The number of aromatic amines is 1. The Kier molecular flexibility index (Phi) is 1.57. The second-order valence-electron chi connectivity index (χ2n) is 4.50. The number of aromatic nitrogens is 3. The van der Waals surface area contributed by atoms with Crippen LogP contribution in [0.3, 0.4) is 0 Å². The first-order valence-electron chi connectivity index (χ1n) is 5.86. The highest BCUT2D eigenvalue weighted by atomic mass is 16.1. The molecule has 3 aromatic rings. The van der Waals surface area contributed by atoms with Gasteiger partial charge in [-0.25, -0.2) is 9.38 Å². The molecule has 1 aliphatic rings. The molecule has 0 saturated heterocycles. The average Bonchev–Trinajstić information content (AvgIpc) is 2.92. The van der Waals surface area contributed by atoms with Crippen molar-refractivity contribution in [3.05, 3.63) is 45.9 Å². The molecular formula is C13H11N3O. The van der Waals surface area contributed by atoms with E-state index in [-0.39, 0.29) is 5.56 Å². The molecule has 1 aromatic carbocycles. The number of nitrogens with one attached hydrogen (secondary N) is 1. The van der Waals surface area contributed by atoms with Gasteiger partial charge in [0.25, 0.3) is 5.56 Å². The van der Waals surface area contributed by atoms with Gasteiger partial charge in [0.1, 0.15) is 0 Å². The van der Waals surface area contributed by atoms with E-state index < -0.39 is 0 Å². The van der Waals surface area contributed by atoms with Gasteiger partial charge in [0, 0.05) is 11.3 Å². The fraction of sp³-hybridized carbons (Fsp3) is 0.231. The molecule has 4 nitrogen and oxygen atoms in total. The third-order valence-electron chi connectivity index (χ3n) is 3.50. The predicted molar refractivity (Wildman–Crippen MR) is 65.3 cm³/mol. The van der Waals surface area contributed by atoms with Gasteiger partial charge in [-0.15, -0.1) is 0 Å². The van der Waals surface area contributed by atoms with Crippen LogP contribution in [-0.4, -0.2) is 14.4 Å². The average molecular weight is 225 g/mol. The van der Waals surface area contributed by atoms with Crippen LogP contribution in [0.25, 0.3) is 16.8 Å². The fourth-order valence-electron chi connectivity index (χ4n) is 2.70. The van der Waals surface area contributed by atoms with Gasteiger partial charge in [0.2, 0.25) is 5.78 Å². The van der Waals surface area contributed by atoms with Gasteiger partial charge < -0.3 is 4.98 Å². The molecule has 17 heavy (non-hydrogen) atoms. The van der Waals surface area contributed by atoms with Crippen LogP contribution < -0.4 is 5.56 Å². The highest BCUT2D eigenvalue weighted by Crippen LogP contribution is 2.19. The molecule has 4 heteroatoms. The summed E-state index contributed by atoms with van der Waals surface area (Å²) in [6, 6.07) is 7.74. The first kappa shape index (κ1) is 8.98. The Balaban J connectivity index is 2.29. The molecule has 0 saturated carbocycles. The van der Waals surface area contributed by atoms with E-state index in [9.17, 15) is 4.79 Å². The topological polar surface area (TPSA) is 50.2 Å². The number of H-pyrrole nitrogens is 1. The van der Waals surface area contributed by atoms with Crippen molar-refractivity contribution < 1.29 is 0 Å². The van der Waals surface area contributed by atoms with Crippen LogP contribution in [0.1, 0.15) is 17.7 Å². The highest BCUT2D eigenvalue weighted by molar-refractivity contribution is 5.79. The van der Waals surface area contributed by atoms with Crippen molar-refractivity contribution >= 4 is 16.8 Å². The maximum absolute atomic E-state index is 12.4. The summed E-state index contributed by atoms with van der Waals surface area (Å²) < 4.78 is 1.69. The number of imidazole rings is 1. The van der Waals surface area contributed by atoms with E-state index in [0.717, 1.165) is 41.6 Å². The zero-order valence-electron chi connectivity index (χ0n) is 9.23. The van der Waals surface area contributed by atoms with E-state index in [0.29, 0.717) is 5.78 Å². The van der Waals surface area contributed by atoms with E-state index >= 15 is 0 Å². The van der Waals surface area contributed by atoms with Crippen LogP contribution in [0.4, 0.5) is 0 Å². The standard InChI is InChI=1S/C13H11N3O/c17-12-8-4-3-6-9(8)14-13-15-10-5-1-2-7-11(10)16(12)13/h1-2,5,7H,3-4,6H2,(H,14,15). The zero-order valence-corrected chi connectivity index (χ0v) is 9.23. The quantitative estimate of drug-likeness (QED) is 0.632. The molecule has 0 fully saturated rings. The van der Waals surface area contributed by atoms with Gasteiger partial charge in [0.15, 0.2) is 0 Å². The molecule has 2 heterocycles. The summed E-state index contributed by atoms with van der Waals surface area (Å²) in [6.07, 6.45) is 2.91. The number of nitrogens with zero attached hydrogens (tertiary/aromatic N) is 2. The van der Waals surface area contributed by atoms with Gasteiger partial charge in [-0.3, -0.25) is 4.79 Å². The number of aryl methyl sites for hydroxylation is 1. The van der Waals surface area contributed by atoms with E-state index in [1.165, 1.54) is 0 Å². The van der Waals surface area contributed by atoms with Crippen molar-refractivity contribution in [2.75, 3.05) is 0 Å². The number of para-hydroxylation sites is 2. The van der Waals surface area contributed by atoms with Crippen molar-refractivity contribution in [1.29, 1.82) is 0 Å². The summed E-state index contributed by atoms with van der Waals surface area (Å²) in [5.74, 6) is 0.664. The third-order valence-corrected chi connectivity index (χ3v) is 3.50. The van der Waals surface area contributed by atoms with Crippen molar-refractivity contribution in [1.82, 2.24) is 14.4 Å². The zero-order chi connectivity index (χ0) is 11.4. The van der Waals surface area contributed by atoms with Crippen LogP contribution in [0.5, 0.6) is 0 Å². The second kappa shape index (κ2) is 2.97. The lowest BCUT2D eigenvalue weighted by molar-refractivity contribution is 0.899. The van der Waals surface area contributed by atoms with Crippen LogP contribution >= 0.6 is 0 Å². The summed E-state index contributed by atoms with van der Waals surface area (Å²) in [6.45, 7) is 0. The van der Waals surface area contributed by atoms with Gasteiger partial charge in [-0.2, -0.15) is 0 Å². The largest absolute Gasteiger partial charge is 0.328 e. The van der Waals surface area contributed by atoms with Crippen LogP contribution in [-0.2, 0) is 12.8 Å². The molecule has 0 atom stereocenters. The van der Waals surface area contributed by atoms with Crippen LogP contribution in [0, 0.1) is 0 Å². The summed E-state index contributed by atoms with van der Waals surface area (Å²) in [5.41, 5.74) is 3.85. The van der Waals surface area contributed by atoms with Gasteiger partial charge >= 0.3 is 0 Å². The summed E-state index contributed by atoms with van der Waals surface area (Å²) in [5, 5.41) is 0. The van der Waals surface area contributed by atoms with Crippen molar-refractivity contribution in [2.24, 2.45) is 0 Å². The van der Waals surface area contributed by atoms with Crippen molar-refractivity contribution in [3.8, 4) is 0 Å². The molecular weight excluding hydrogens is 214 g/mol. The lowest BCUT2D eigenvalue weighted by Gasteiger charge is -2.00. The van der Waals surface area contributed by atoms with Crippen LogP contribution in [0.15, 0.2) is 29.1 Å². The molecule has 4 rings (SSSR count). The third kappa shape index (κ3) is 1.07. The van der Waals surface area contributed by atoms with Crippen LogP contribution in [0.2, 0.25) is 0 Å². The minimum absolute atomic E-state index is 0.0972. The molecule has 1 N–H and O–H groups in total. The monoisotopic (exact) mass is 225 g/mol. The Morgan fingerprint density at radius 3 is 3.06 bits per heavy atom. The Bertz CT molecular complexity index is 797. The molecule has 84 valence electrons.